The minimum atomic E-state index is 0.299. The first-order valence-electron chi connectivity index (χ1n) is 2.77. The molecule has 0 atom stereocenters. The van der Waals surface area contributed by atoms with Crippen LogP contribution in [-0.2, 0) is 0 Å². The summed E-state index contributed by atoms with van der Waals surface area (Å²) in [7, 11) is 0. The molecule has 0 aromatic rings. The molecule has 0 bridgehead atoms. The molecule has 0 aromatic carbocycles. The summed E-state index contributed by atoms with van der Waals surface area (Å²) in [5.41, 5.74) is 10.3. The zero-order valence-electron chi connectivity index (χ0n) is 5.79. The predicted molar refractivity (Wildman–Crippen MR) is 57.2 cm³/mol. The van der Waals surface area contributed by atoms with Crippen molar-refractivity contribution in [2.24, 2.45) is 11.5 Å². The maximum Gasteiger partial charge on any atom is 0.164 e. The van der Waals surface area contributed by atoms with Crippen LogP contribution in [0.1, 0.15) is 0 Å². The maximum absolute atomic E-state index is 5.17. The van der Waals surface area contributed by atoms with Crippen LogP contribution in [0.15, 0.2) is 0 Å². The predicted octanol–water partition coefficient (Wildman–Crippen LogP) is -0.699. The highest BCUT2D eigenvalue weighted by Gasteiger charge is 1.88. The van der Waals surface area contributed by atoms with Crippen LogP contribution in [0.4, 0.5) is 0 Å². The first-order valence-corrected chi connectivity index (χ1v) is 4.74. The van der Waals surface area contributed by atoms with Crippen LogP contribution in [0.3, 0.4) is 0 Å². The summed E-state index contributed by atoms with van der Waals surface area (Å²) in [5.74, 6) is 1.32. The molecule has 0 aromatic heterocycles. The topological polar surface area (TPSA) is 76.1 Å². The molecular weight excluding hydrogens is 200 g/mol. The molecule has 0 fully saturated rings. The lowest BCUT2D eigenvalue weighted by Gasteiger charge is -2.04. The zero-order chi connectivity index (χ0) is 8.69. The molecule has 6 N–H and O–H groups in total. The standard InChI is InChI=1S/C4H10N4S3/c5-3(9)7-1-11-2-8-4(6)10/h1-2H2,(H3,5,7,9)(H3,6,8,10). The van der Waals surface area contributed by atoms with Gasteiger partial charge in [0.2, 0.25) is 0 Å². The third-order valence-corrected chi connectivity index (χ3v) is 1.68. The van der Waals surface area contributed by atoms with Crippen LogP contribution in [0.25, 0.3) is 0 Å². The SMILES string of the molecule is NC(=S)NCSCNC(N)=S. The molecule has 64 valence electrons. The number of nitrogens with two attached hydrogens (primary N) is 2. The quantitative estimate of drug-likeness (QED) is 0.278. The first-order chi connectivity index (χ1) is 5.13. The molecule has 0 saturated carbocycles. The van der Waals surface area contributed by atoms with Gasteiger partial charge in [-0.25, -0.2) is 0 Å². The Labute approximate surface area is 80.5 Å². The molecule has 0 rings (SSSR count). The Bertz CT molecular complexity index is 132. The fourth-order valence-corrected chi connectivity index (χ4v) is 1.24. The molecule has 0 unspecified atom stereocenters. The van der Waals surface area contributed by atoms with Crippen molar-refractivity contribution in [1.82, 2.24) is 10.6 Å². The summed E-state index contributed by atoms with van der Waals surface area (Å²) in [5, 5.41) is 6.13. The van der Waals surface area contributed by atoms with Gasteiger partial charge in [-0.1, -0.05) is 0 Å². The normalized spacial score (nSPS) is 8.73. The summed E-state index contributed by atoms with van der Waals surface area (Å²) < 4.78 is 0. The van der Waals surface area contributed by atoms with Gasteiger partial charge < -0.3 is 22.1 Å². The molecule has 0 amide bonds. The van der Waals surface area contributed by atoms with Crippen LogP contribution in [-0.4, -0.2) is 22.0 Å². The summed E-state index contributed by atoms with van der Waals surface area (Å²) in [6, 6.07) is 0. The van der Waals surface area contributed by atoms with Crippen molar-refractivity contribution < 1.29 is 0 Å². The maximum atomic E-state index is 5.17. The van der Waals surface area contributed by atoms with E-state index >= 15 is 0 Å². The largest absolute Gasteiger partial charge is 0.376 e. The summed E-state index contributed by atoms with van der Waals surface area (Å²) >= 11 is 10.7. The number of nitrogens with one attached hydrogen (secondary N) is 2. The fourth-order valence-electron chi connectivity index (χ4n) is 0.295. The van der Waals surface area contributed by atoms with Crippen molar-refractivity contribution in [2.45, 2.75) is 0 Å². The van der Waals surface area contributed by atoms with Gasteiger partial charge in [0.05, 0.1) is 11.8 Å². The van der Waals surface area contributed by atoms with E-state index < -0.39 is 0 Å². The third kappa shape index (κ3) is 9.73. The first kappa shape index (κ1) is 10.7. The molecule has 0 heterocycles. The lowest BCUT2D eigenvalue weighted by atomic mass is 11.1. The molecule has 0 spiro atoms. The molecule has 0 saturated heterocycles. The van der Waals surface area contributed by atoms with E-state index in [1.54, 1.807) is 11.8 Å². The molecular formula is C4H10N4S3. The molecule has 0 aliphatic rings. The number of rotatable bonds is 4. The highest BCUT2D eigenvalue weighted by molar-refractivity contribution is 7.99. The van der Waals surface area contributed by atoms with Crippen LogP contribution < -0.4 is 22.1 Å². The third-order valence-electron chi connectivity index (χ3n) is 0.697. The Morgan fingerprint density at radius 2 is 1.45 bits per heavy atom. The number of thioether (sulfide) groups is 1. The van der Waals surface area contributed by atoms with E-state index in [4.69, 9.17) is 11.5 Å². The number of thiocarbonyl (C=S) groups is 2. The van der Waals surface area contributed by atoms with E-state index in [1.807, 2.05) is 0 Å². The molecule has 0 aliphatic carbocycles. The van der Waals surface area contributed by atoms with Crippen molar-refractivity contribution in [3.05, 3.63) is 0 Å². The second kappa shape index (κ2) is 6.44. The average molecular weight is 210 g/mol. The van der Waals surface area contributed by atoms with Gasteiger partial charge in [-0.2, -0.15) is 0 Å². The smallest absolute Gasteiger partial charge is 0.164 e. The minimum absolute atomic E-state index is 0.299. The summed E-state index contributed by atoms with van der Waals surface area (Å²) in [4.78, 5) is 0. The lowest BCUT2D eigenvalue weighted by Crippen LogP contribution is -2.31. The lowest BCUT2D eigenvalue weighted by molar-refractivity contribution is 1.10. The summed E-state index contributed by atoms with van der Waals surface area (Å²) in [6.45, 7) is 0. The fraction of sp³-hybridized carbons (Fsp3) is 0.500. The van der Waals surface area contributed by atoms with E-state index in [-0.39, 0.29) is 0 Å². The molecule has 7 heteroatoms. The summed E-state index contributed by atoms with van der Waals surface area (Å²) in [6.07, 6.45) is 0. The molecule has 11 heavy (non-hydrogen) atoms. The average Bonchev–Trinajstić information content (AvgIpc) is 1.85. The Hall–Kier alpha value is -0.270. The Morgan fingerprint density at radius 1 is 1.09 bits per heavy atom. The van der Waals surface area contributed by atoms with Crippen molar-refractivity contribution >= 4 is 46.4 Å². The molecule has 0 aliphatic heterocycles. The van der Waals surface area contributed by atoms with Gasteiger partial charge in [0.15, 0.2) is 10.2 Å². The van der Waals surface area contributed by atoms with Crippen LogP contribution >= 0.6 is 36.2 Å². The number of hydrogen-bond acceptors (Lipinski definition) is 3. The van der Waals surface area contributed by atoms with Gasteiger partial charge in [0, 0.05) is 0 Å². The number of hydrogen-bond donors (Lipinski definition) is 4. The molecule has 0 radical (unpaired) electrons. The van der Waals surface area contributed by atoms with Gasteiger partial charge in [-0.05, 0) is 24.4 Å². The second-order valence-electron chi connectivity index (χ2n) is 1.57. The van der Waals surface area contributed by atoms with E-state index in [9.17, 15) is 0 Å². The van der Waals surface area contributed by atoms with Crippen LogP contribution in [0.5, 0.6) is 0 Å². The van der Waals surface area contributed by atoms with Gasteiger partial charge in [-0.3, -0.25) is 0 Å². The van der Waals surface area contributed by atoms with Gasteiger partial charge >= 0.3 is 0 Å². The Morgan fingerprint density at radius 3 is 1.73 bits per heavy atom. The van der Waals surface area contributed by atoms with Crippen LogP contribution in [0, 0.1) is 0 Å². The van der Waals surface area contributed by atoms with Gasteiger partial charge in [-0.15, -0.1) is 11.8 Å². The van der Waals surface area contributed by atoms with Crippen molar-refractivity contribution in [3.63, 3.8) is 0 Å². The zero-order valence-corrected chi connectivity index (χ0v) is 8.24. The van der Waals surface area contributed by atoms with E-state index in [2.05, 4.69) is 35.1 Å². The van der Waals surface area contributed by atoms with Crippen molar-refractivity contribution in [2.75, 3.05) is 11.8 Å². The Kier molecular flexibility index (Phi) is 6.28. The Balaban J connectivity index is 3.03. The highest BCUT2D eigenvalue weighted by atomic mass is 32.2. The van der Waals surface area contributed by atoms with Gasteiger partial charge in [0.25, 0.3) is 0 Å². The monoisotopic (exact) mass is 210 g/mol. The van der Waals surface area contributed by atoms with Crippen LogP contribution in [0.2, 0.25) is 0 Å². The van der Waals surface area contributed by atoms with Gasteiger partial charge in [0.1, 0.15) is 0 Å². The van der Waals surface area contributed by atoms with Crippen molar-refractivity contribution in [3.8, 4) is 0 Å². The highest BCUT2D eigenvalue weighted by Crippen LogP contribution is 1.91. The minimum Gasteiger partial charge on any atom is -0.376 e. The molecule has 4 nitrogen and oxygen atoms in total. The second-order valence-corrected chi connectivity index (χ2v) is 3.44. The van der Waals surface area contributed by atoms with E-state index in [0.29, 0.717) is 22.0 Å². The van der Waals surface area contributed by atoms with E-state index in [1.165, 1.54) is 0 Å². The van der Waals surface area contributed by atoms with Crippen molar-refractivity contribution in [1.29, 1.82) is 0 Å². The van der Waals surface area contributed by atoms with E-state index in [0.717, 1.165) is 0 Å².